The Morgan fingerprint density at radius 3 is 1.92 bits per heavy atom. The fourth-order valence-electron chi connectivity index (χ4n) is 5.65. The van der Waals surface area contributed by atoms with Crippen LogP contribution < -0.4 is 4.74 Å². The number of fused-ring (bicyclic) bond motifs is 1. The largest absolute Gasteiger partial charge is 0.507 e. The summed E-state index contributed by atoms with van der Waals surface area (Å²) in [6.07, 6.45) is 9.20. The molecule has 0 fully saturated rings. The molecule has 50 heavy (non-hydrogen) atoms. The van der Waals surface area contributed by atoms with E-state index in [0.29, 0.717) is 29.2 Å². The first-order valence-corrected chi connectivity index (χ1v) is 18.2. The number of nitrogens with zero attached hydrogens (tertiary/aromatic N) is 3. The predicted octanol–water partition coefficient (Wildman–Crippen LogP) is 10.9. The third kappa shape index (κ3) is 9.52. The number of unbranched alkanes of at least 4 members (excludes halogenated alkanes) is 5. The molecule has 0 bridgehead atoms. The first-order valence-electron chi connectivity index (χ1n) is 18.2. The number of ether oxygens (including phenoxy) is 1. The van der Waals surface area contributed by atoms with Gasteiger partial charge in [0.25, 0.3) is 0 Å². The fraction of sp³-hybridized carbons (Fsp3) is 0.419. The maximum Gasteiger partial charge on any atom is 0.196 e. The van der Waals surface area contributed by atoms with Gasteiger partial charge in [0.05, 0.1) is 12.2 Å². The van der Waals surface area contributed by atoms with Gasteiger partial charge in [-0.25, -0.2) is 0 Å². The first kappa shape index (κ1) is 38.2. The molecule has 0 spiro atoms. The summed E-state index contributed by atoms with van der Waals surface area (Å²) in [5.74, 6) is 0.651. The van der Waals surface area contributed by atoms with Crippen molar-refractivity contribution in [3.8, 4) is 22.9 Å². The van der Waals surface area contributed by atoms with Crippen molar-refractivity contribution in [2.24, 2.45) is 0 Å². The predicted molar refractivity (Wildman–Crippen MR) is 204 cm³/mol. The molecule has 0 saturated heterocycles. The molecule has 0 aliphatic carbocycles. The summed E-state index contributed by atoms with van der Waals surface area (Å²) in [6.45, 7) is 16.0. The maximum atomic E-state index is 12.4. The smallest absolute Gasteiger partial charge is 0.196 e. The lowest BCUT2D eigenvalue weighted by Gasteiger charge is -2.30. The van der Waals surface area contributed by atoms with E-state index in [1.807, 2.05) is 48.5 Å². The molecule has 4 aromatic carbocycles. The third-order valence-corrected chi connectivity index (χ3v) is 9.89. The lowest BCUT2D eigenvalue weighted by Crippen LogP contribution is -2.21. The number of carbonyl (C=O) groups is 1. The molecule has 7 nitrogen and oxygen atoms in total. The minimum Gasteiger partial charge on any atom is -0.507 e. The van der Waals surface area contributed by atoms with Crippen molar-refractivity contribution in [3.05, 3.63) is 107 Å². The second-order valence-corrected chi connectivity index (χ2v) is 14.3. The van der Waals surface area contributed by atoms with E-state index in [-0.39, 0.29) is 28.1 Å². The molecule has 5 aromatic rings. The molecule has 1 heterocycles. The topological polar surface area (TPSA) is 97.5 Å². The van der Waals surface area contributed by atoms with Gasteiger partial charge in [-0.2, -0.15) is 0 Å². The molecule has 0 aliphatic rings. The van der Waals surface area contributed by atoms with E-state index >= 15 is 0 Å². The Bertz CT molecular complexity index is 1810. The molecule has 0 radical (unpaired) electrons. The first-order chi connectivity index (χ1) is 23.9. The summed E-state index contributed by atoms with van der Waals surface area (Å²) in [5, 5.41) is 30.4. The molecule has 0 amide bonds. The van der Waals surface area contributed by atoms with Crippen LogP contribution in [-0.4, -0.2) is 37.6 Å². The van der Waals surface area contributed by atoms with E-state index in [1.54, 1.807) is 29.1 Å². The summed E-state index contributed by atoms with van der Waals surface area (Å²) >= 11 is 0. The van der Waals surface area contributed by atoms with Crippen LogP contribution in [0.5, 0.6) is 17.2 Å². The fourth-order valence-corrected chi connectivity index (χ4v) is 5.65. The molecule has 7 heteroatoms. The van der Waals surface area contributed by atoms with Gasteiger partial charge in [-0.1, -0.05) is 129 Å². The molecule has 5 rings (SSSR count). The zero-order chi connectivity index (χ0) is 36.3. The summed E-state index contributed by atoms with van der Waals surface area (Å²) < 4.78 is 5.66. The number of aromatic hydroxyl groups is 2. The quantitative estimate of drug-likeness (QED) is 0.0845. The maximum absolute atomic E-state index is 12.4. The van der Waals surface area contributed by atoms with Crippen LogP contribution in [0.25, 0.3) is 16.7 Å². The molecular formula is C43H55N3O4. The standard InChI is InChI=1S/C22H29N3O.C21H26O3/c1-7-21(3,4)15-13-16(22(5,6)8-2)20(26)19(14-15)25-23-17-11-9-10-12-18(17)24-25;1-2-3-4-5-6-10-15-24-18-13-14-19(20(22)16-18)21(23)17-11-8-7-9-12-17/h9-14,26H,7-8H2,1-6H3;7-9,11-14,16,22H,2-6,10,15H2,1H3. The van der Waals surface area contributed by atoms with E-state index in [1.165, 1.54) is 37.3 Å². The minimum atomic E-state index is -0.185. The Hall–Kier alpha value is -4.65. The average molecular weight is 678 g/mol. The zero-order valence-corrected chi connectivity index (χ0v) is 31.0. The van der Waals surface area contributed by atoms with Crippen LogP contribution >= 0.6 is 0 Å². The highest BCUT2D eigenvalue weighted by molar-refractivity contribution is 6.10. The van der Waals surface area contributed by atoms with Gasteiger partial charge in [0.1, 0.15) is 34.0 Å². The lowest BCUT2D eigenvalue weighted by atomic mass is 9.76. The second kappa shape index (κ2) is 17.3. The Labute approximate surface area is 298 Å². The average Bonchev–Trinajstić information content (AvgIpc) is 3.56. The summed E-state index contributed by atoms with van der Waals surface area (Å²) in [5.41, 5.74) is 5.19. The van der Waals surface area contributed by atoms with Crippen LogP contribution in [0, 0.1) is 0 Å². The molecule has 0 atom stereocenters. The van der Waals surface area contributed by atoms with Gasteiger partial charge < -0.3 is 14.9 Å². The van der Waals surface area contributed by atoms with E-state index in [4.69, 9.17) is 4.74 Å². The number of benzene rings is 4. The van der Waals surface area contributed by atoms with Crippen LogP contribution in [0.3, 0.4) is 0 Å². The summed E-state index contributed by atoms with van der Waals surface area (Å²) in [6, 6.07) is 25.8. The second-order valence-electron chi connectivity index (χ2n) is 14.3. The van der Waals surface area contributed by atoms with E-state index in [9.17, 15) is 15.0 Å². The highest BCUT2D eigenvalue weighted by atomic mass is 16.5. The van der Waals surface area contributed by atoms with Crippen LogP contribution in [0.4, 0.5) is 0 Å². The summed E-state index contributed by atoms with van der Waals surface area (Å²) in [7, 11) is 0. The van der Waals surface area contributed by atoms with Gasteiger partial charge >= 0.3 is 0 Å². The minimum absolute atomic E-state index is 0.00754. The normalized spacial score (nSPS) is 11.7. The van der Waals surface area contributed by atoms with Gasteiger partial charge in [-0.15, -0.1) is 15.0 Å². The Morgan fingerprint density at radius 1 is 0.720 bits per heavy atom. The third-order valence-electron chi connectivity index (χ3n) is 9.89. The molecule has 0 saturated carbocycles. The molecule has 0 unspecified atom stereocenters. The van der Waals surface area contributed by atoms with E-state index < -0.39 is 0 Å². The van der Waals surface area contributed by atoms with Gasteiger partial charge in [0, 0.05) is 17.2 Å². The Kier molecular flexibility index (Phi) is 13.2. The van der Waals surface area contributed by atoms with E-state index in [0.717, 1.165) is 42.3 Å². The lowest BCUT2D eigenvalue weighted by molar-refractivity contribution is 0.103. The molecule has 2 N–H and O–H groups in total. The molecule has 1 aromatic heterocycles. The number of phenols is 2. The van der Waals surface area contributed by atoms with Gasteiger partial charge in [0.15, 0.2) is 5.78 Å². The van der Waals surface area contributed by atoms with Crippen LogP contribution in [0.2, 0.25) is 0 Å². The highest BCUT2D eigenvalue weighted by Gasteiger charge is 2.29. The number of carbonyl (C=O) groups excluding carboxylic acids is 1. The van der Waals surface area contributed by atoms with Gasteiger partial charge in [-0.05, 0) is 66.0 Å². The SMILES string of the molecule is CCC(C)(C)c1cc(-n2nc3ccccc3n2)c(O)c(C(C)(C)CC)c1.CCCCCCCCOc1ccc(C(=O)c2ccccc2)c(O)c1. The van der Waals surface area contributed by atoms with Crippen molar-refractivity contribution in [1.29, 1.82) is 0 Å². The van der Waals surface area contributed by atoms with Crippen molar-refractivity contribution >= 4 is 16.8 Å². The van der Waals surface area contributed by atoms with E-state index in [2.05, 4.69) is 64.7 Å². The van der Waals surface area contributed by atoms with Crippen molar-refractivity contribution in [1.82, 2.24) is 15.0 Å². The Morgan fingerprint density at radius 2 is 1.32 bits per heavy atom. The number of aromatic nitrogens is 3. The van der Waals surface area contributed by atoms with Gasteiger partial charge in [-0.3, -0.25) is 4.79 Å². The number of ketones is 1. The number of phenolic OH excluding ortho intramolecular Hbond substituents is 2. The number of hydrogen-bond acceptors (Lipinski definition) is 6. The van der Waals surface area contributed by atoms with Crippen LogP contribution in [-0.2, 0) is 10.8 Å². The molecule has 0 aliphatic heterocycles. The van der Waals surface area contributed by atoms with Crippen LogP contribution in [0.1, 0.15) is 127 Å². The summed E-state index contributed by atoms with van der Waals surface area (Å²) in [4.78, 5) is 13.9. The number of hydrogen-bond donors (Lipinski definition) is 2. The Balaban J connectivity index is 0.000000226. The van der Waals surface area contributed by atoms with Crippen molar-refractivity contribution in [2.45, 2.75) is 111 Å². The van der Waals surface area contributed by atoms with Crippen molar-refractivity contribution in [2.75, 3.05) is 6.61 Å². The van der Waals surface area contributed by atoms with Gasteiger partial charge in [0.2, 0.25) is 0 Å². The molecule has 266 valence electrons. The van der Waals surface area contributed by atoms with Crippen LogP contribution in [0.15, 0.2) is 84.9 Å². The van der Waals surface area contributed by atoms with Crippen molar-refractivity contribution < 1.29 is 19.7 Å². The zero-order valence-electron chi connectivity index (χ0n) is 31.0. The monoisotopic (exact) mass is 677 g/mol. The van der Waals surface area contributed by atoms with Crippen molar-refractivity contribution in [3.63, 3.8) is 0 Å². The highest BCUT2D eigenvalue weighted by Crippen LogP contribution is 2.41. The number of rotatable bonds is 15. The molecular weight excluding hydrogens is 622 g/mol.